The second-order valence-corrected chi connectivity index (χ2v) is 4.84. The van der Waals surface area contributed by atoms with Crippen molar-refractivity contribution in [1.82, 2.24) is 5.32 Å². The second-order valence-electron chi connectivity index (χ2n) is 2.91. The van der Waals surface area contributed by atoms with E-state index in [0.717, 1.165) is 20.0 Å². The summed E-state index contributed by atoms with van der Waals surface area (Å²) in [4.78, 5) is 11.5. The first-order valence-corrected chi connectivity index (χ1v) is 6.57. The Morgan fingerprint density at radius 1 is 1.57 bits per heavy atom. The molecule has 1 aromatic carbocycles. The Morgan fingerprint density at radius 3 is 2.86 bits per heavy atom. The monoisotopic (exact) mass is 367 g/mol. The van der Waals surface area contributed by atoms with Crippen LogP contribution in [-0.4, -0.2) is 16.9 Å². The van der Waals surface area contributed by atoms with Crippen molar-refractivity contribution in [3.63, 3.8) is 0 Å². The fraction of sp³-hybridized carbons (Fsp3) is 0.300. The minimum Gasteiger partial charge on any atom is -0.351 e. The molecule has 0 heterocycles. The average Bonchev–Trinajstić information content (AvgIpc) is 2.18. The SMILES string of the molecule is Cc1cc(C(=O)NCCI)ccc1Br. The first-order valence-electron chi connectivity index (χ1n) is 4.25. The molecule has 76 valence electrons. The van der Waals surface area contributed by atoms with E-state index in [-0.39, 0.29) is 5.91 Å². The molecule has 0 fully saturated rings. The molecule has 0 saturated heterocycles. The molecule has 0 bridgehead atoms. The summed E-state index contributed by atoms with van der Waals surface area (Å²) in [6.07, 6.45) is 0. The quantitative estimate of drug-likeness (QED) is 0.646. The van der Waals surface area contributed by atoms with Gasteiger partial charge in [0.2, 0.25) is 0 Å². The lowest BCUT2D eigenvalue weighted by atomic mass is 10.1. The summed E-state index contributed by atoms with van der Waals surface area (Å²) < 4.78 is 1.96. The summed E-state index contributed by atoms with van der Waals surface area (Å²) in [7, 11) is 0. The van der Waals surface area contributed by atoms with Gasteiger partial charge in [0, 0.05) is 21.0 Å². The van der Waals surface area contributed by atoms with Crippen LogP contribution >= 0.6 is 38.5 Å². The van der Waals surface area contributed by atoms with Crippen LogP contribution in [0.3, 0.4) is 0 Å². The van der Waals surface area contributed by atoms with E-state index in [9.17, 15) is 4.79 Å². The number of rotatable bonds is 3. The van der Waals surface area contributed by atoms with Gasteiger partial charge in [-0.1, -0.05) is 38.5 Å². The van der Waals surface area contributed by atoms with Gasteiger partial charge in [0.15, 0.2) is 0 Å². The van der Waals surface area contributed by atoms with Gasteiger partial charge in [-0.2, -0.15) is 0 Å². The molecule has 14 heavy (non-hydrogen) atoms. The van der Waals surface area contributed by atoms with Crippen molar-refractivity contribution in [2.24, 2.45) is 0 Å². The zero-order valence-electron chi connectivity index (χ0n) is 7.81. The van der Waals surface area contributed by atoms with E-state index in [0.29, 0.717) is 6.54 Å². The van der Waals surface area contributed by atoms with Gasteiger partial charge >= 0.3 is 0 Å². The van der Waals surface area contributed by atoms with Gasteiger partial charge in [0.1, 0.15) is 0 Å². The number of amides is 1. The number of hydrogen-bond acceptors (Lipinski definition) is 1. The first-order chi connectivity index (χ1) is 6.65. The van der Waals surface area contributed by atoms with Crippen LogP contribution in [-0.2, 0) is 0 Å². The highest BCUT2D eigenvalue weighted by atomic mass is 127. The lowest BCUT2D eigenvalue weighted by Crippen LogP contribution is -2.25. The van der Waals surface area contributed by atoms with Crippen molar-refractivity contribution in [3.8, 4) is 0 Å². The third-order valence-electron chi connectivity index (χ3n) is 1.80. The Hall–Kier alpha value is -0.100. The standard InChI is InChI=1S/C10H11BrINO/c1-7-6-8(2-3-9(7)11)10(14)13-5-4-12/h2-3,6H,4-5H2,1H3,(H,13,14). The Kier molecular flexibility index (Phi) is 4.88. The van der Waals surface area contributed by atoms with E-state index < -0.39 is 0 Å². The van der Waals surface area contributed by atoms with E-state index in [1.54, 1.807) is 0 Å². The van der Waals surface area contributed by atoms with Crippen LogP contribution in [0.4, 0.5) is 0 Å². The average molecular weight is 368 g/mol. The molecule has 0 aliphatic heterocycles. The highest BCUT2D eigenvalue weighted by molar-refractivity contribution is 14.1. The molecule has 0 aromatic heterocycles. The predicted molar refractivity (Wildman–Crippen MR) is 70.1 cm³/mol. The van der Waals surface area contributed by atoms with Crippen molar-refractivity contribution in [2.75, 3.05) is 11.0 Å². The number of benzene rings is 1. The molecule has 1 rings (SSSR count). The van der Waals surface area contributed by atoms with Crippen LogP contribution in [0.2, 0.25) is 0 Å². The summed E-state index contributed by atoms with van der Waals surface area (Å²) in [5.74, 6) is -0.00253. The molecule has 0 aliphatic rings. The molecule has 0 saturated carbocycles. The van der Waals surface area contributed by atoms with Gasteiger partial charge in [-0.15, -0.1) is 0 Å². The van der Waals surface area contributed by atoms with Crippen LogP contribution in [0.25, 0.3) is 0 Å². The largest absolute Gasteiger partial charge is 0.351 e. The van der Waals surface area contributed by atoms with Crippen LogP contribution < -0.4 is 5.32 Å². The maximum Gasteiger partial charge on any atom is 0.251 e. The zero-order chi connectivity index (χ0) is 10.6. The molecule has 1 amide bonds. The van der Waals surface area contributed by atoms with Crippen LogP contribution in [0.1, 0.15) is 15.9 Å². The summed E-state index contributed by atoms with van der Waals surface area (Å²) in [6, 6.07) is 5.60. The molecule has 0 unspecified atom stereocenters. The summed E-state index contributed by atoms with van der Waals surface area (Å²) >= 11 is 5.63. The zero-order valence-corrected chi connectivity index (χ0v) is 11.6. The third kappa shape index (κ3) is 3.24. The number of carbonyl (C=O) groups is 1. The minimum atomic E-state index is -0.00253. The number of aryl methyl sites for hydroxylation is 1. The van der Waals surface area contributed by atoms with Crippen molar-refractivity contribution in [3.05, 3.63) is 33.8 Å². The van der Waals surface area contributed by atoms with E-state index in [4.69, 9.17) is 0 Å². The number of carbonyl (C=O) groups excluding carboxylic acids is 1. The van der Waals surface area contributed by atoms with Crippen LogP contribution in [0.15, 0.2) is 22.7 Å². The molecule has 0 spiro atoms. The second kappa shape index (κ2) is 5.70. The molecular formula is C10H11BrINO. The van der Waals surface area contributed by atoms with Gasteiger partial charge in [0.25, 0.3) is 5.91 Å². The molecule has 4 heteroatoms. The smallest absolute Gasteiger partial charge is 0.251 e. The Bertz CT molecular complexity index is 341. The van der Waals surface area contributed by atoms with E-state index in [1.165, 1.54) is 0 Å². The molecule has 0 radical (unpaired) electrons. The van der Waals surface area contributed by atoms with E-state index in [2.05, 4.69) is 43.8 Å². The minimum absolute atomic E-state index is 0.00253. The lowest BCUT2D eigenvalue weighted by molar-refractivity contribution is 0.0956. The van der Waals surface area contributed by atoms with Crippen LogP contribution in [0.5, 0.6) is 0 Å². The Labute approximate surface area is 106 Å². The highest BCUT2D eigenvalue weighted by Crippen LogP contribution is 2.16. The summed E-state index contributed by atoms with van der Waals surface area (Å²) in [6.45, 7) is 2.69. The fourth-order valence-corrected chi connectivity index (χ4v) is 1.57. The molecule has 1 aromatic rings. The normalized spacial score (nSPS) is 9.93. The molecule has 1 N–H and O–H groups in total. The number of halogens is 2. The van der Waals surface area contributed by atoms with Gasteiger partial charge in [-0.3, -0.25) is 4.79 Å². The van der Waals surface area contributed by atoms with Gasteiger partial charge < -0.3 is 5.32 Å². The summed E-state index contributed by atoms with van der Waals surface area (Å²) in [5.41, 5.74) is 1.79. The van der Waals surface area contributed by atoms with Crippen molar-refractivity contribution in [1.29, 1.82) is 0 Å². The van der Waals surface area contributed by atoms with Gasteiger partial charge in [-0.05, 0) is 30.7 Å². The van der Waals surface area contributed by atoms with Crippen LogP contribution in [0, 0.1) is 6.92 Å². The predicted octanol–water partition coefficient (Wildman–Crippen LogP) is 2.92. The van der Waals surface area contributed by atoms with Crippen molar-refractivity contribution in [2.45, 2.75) is 6.92 Å². The van der Waals surface area contributed by atoms with Gasteiger partial charge in [-0.25, -0.2) is 0 Å². The number of nitrogens with one attached hydrogen (secondary N) is 1. The van der Waals surface area contributed by atoms with Crippen molar-refractivity contribution < 1.29 is 4.79 Å². The Morgan fingerprint density at radius 2 is 2.29 bits per heavy atom. The third-order valence-corrected chi connectivity index (χ3v) is 3.23. The molecular weight excluding hydrogens is 357 g/mol. The molecule has 2 nitrogen and oxygen atoms in total. The maximum atomic E-state index is 11.5. The lowest BCUT2D eigenvalue weighted by Gasteiger charge is -2.04. The fourth-order valence-electron chi connectivity index (χ4n) is 1.05. The topological polar surface area (TPSA) is 29.1 Å². The maximum absolute atomic E-state index is 11.5. The van der Waals surface area contributed by atoms with E-state index >= 15 is 0 Å². The first kappa shape index (κ1) is 12.0. The number of alkyl halides is 1. The highest BCUT2D eigenvalue weighted by Gasteiger charge is 2.05. The molecule has 0 atom stereocenters. The molecule has 0 aliphatic carbocycles. The van der Waals surface area contributed by atoms with E-state index in [1.807, 2.05) is 25.1 Å². The Balaban J connectivity index is 2.76. The van der Waals surface area contributed by atoms with Crippen molar-refractivity contribution >= 4 is 44.4 Å². The summed E-state index contributed by atoms with van der Waals surface area (Å²) in [5, 5.41) is 2.83. The van der Waals surface area contributed by atoms with Gasteiger partial charge in [0.05, 0.1) is 0 Å². The number of hydrogen-bond donors (Lipinski definition) is 1.